The average Bonchev–Trinajstić information content (AvgIpc) is 3.37. The third-order valence-electron chi connectivity index (χ3n) is 7.23. The standard InChI is InChI=1S/C20H15FNO.C17H22GeN.Ir/c1-12(2)13-9-10-22-17(11-13)14-7-8-16(21)19-15-5-3-4-6-18(15)23-20(14)19;1-13(2)15-11-17(14-9-7-6-8-10-14)19-12-16(15)18(3,4)5;/h3-6,8-12H,1-2H3;6-9,11-13H,1-5H3;/q2*-1;/i12D;13D;. The molecule has 3 nitrogen and oxygen atoms in total. The summed E-state index contributed by atoms with van der Waals surface area (Å²) in [6, 6.07) is 28.4. The van der Waals surface area contributed by atoms with Crippen molar-refractivity contribution in [3.8, 4) is 22.5 Å². The number of furan rings is 1. The van der Waals surface area contributed by atoms with Gasteiger partial charge in [0.1, 0.15) is 5.58 Å². The minimum Gasteiger partial charge on any atom is -0.500 e. The van der Waals surface area contributed by atoms with Gasteiger partial charge in [-0.25, -0.2) is 0 Å². The van der Waals surface area contributed by atoms with Crippen LogP contribution in [0.15, 0.2) is 89.6 Å². The van der Waals surface area contributed by atoms with Crippen molar-refractivity contribution in [2.24, 2.45) is 0 Å². The second-order valence-electron chi connectivity index (χ2n) is 11.9. The molecule has 0 fully saturated rings. The summed E-state index contributed by atoms with van der Waals surface area (Å²) in [5, 5.41) is 1.17. The van der Waals surface area contributed by atoms with E-state index in [9.17, 15) is 4.39 Å². The number of aromatic nitrogens is 2. The van der Waals surface area contributed by atoms with Crippen molar-refractivity contribution < 1.29 is 31.7 Å². The van der Waals surface area contributed by atoms with Crippen molar-refractivity contribution in [2.45, 2.75) is 56.8 Å². The van der Waals surface area contributed by atoms with Crippen LogP contribution in [-0.2, 0) is 20.1 Å². The van der Waals surface area contributed by atoms with E-state index in [0.29, 0.717) is 27.8 Å². The normalized spacial score (nSPS) is 12.7. The van der Waals surface area contributed by atoms with Gasteiger partial charge in [-0.15, -0.1) is 12.1 Å². The Bertz CT molecular complexity index is 1940. The number of rotatable bonds is 5. The Morgan fingerprint density at radius 1 is 0.884 bits per heavy atom. The molecule has 0 bridgehead atoms. The minimum atomic E-state index is -2.03. The van der Waals surface area contributed by atoms with Gasteiger partial charge in [-0.1, -0.05) is 49.2 Å². The van der Waals surface area contributed by atoms with Crippen LogP contribution >= 0.6 is 0 Å². The van der Waals surface area contributed by atoms with Crippen molar-refractivity contribution in [1.82, 2.24) is 9.97 Å². The van der Waals surface area contributed by atoms with Gasteiger partial charge in [-0.05, 0) is 29.1 Å². The number of fused-ring (bicyclic) bond motifs is 3. The summed E-state index contributed by atoms with van der Waals surface area (Å²) in [7, 11) is 0. The van der Waals surface area contributed by atoms with E-state index < -0.39 is 25.1 Å². The number of pyridine rings is 2. The first-order valence-corrected chi connectivity index (χ1v) is 21.5. The average molecular weight is 812 g/mol. The molecule has 3 aromatic carbocycles. The molecule has 6 heteroatoms. The number of halogens is 1. The molecule has 3 aromatic heterocycles. The zero-order valence-electron chi connectivity index (χ0n) is 27.6. The maximum atomic E-state index is 14.4. The van der Waals surface area contributed by atoms with Gasteiger partial charge in [-0.3, -0.25) is 4.39 Å². The smallest absolute Gasteiger partial charge is 0.121 e. The van der Waals surface area contributed by atoms with E-state index in [1.54, 1.807) is 6.20 Å². The van der Waals surface area contributed by atoms with Crippen LogP contribution in [0.25, 0.3) is 44.5 Å². The predicted molar refractivity (Wildman–Crippen MR) is 175 cm³/mol. The van der Waals surface area contributed by atoms with E-state index >= 15 is 0 Å². The van der Waals surface area contributed by atoms with E-state index in [1.807, 2.05) is 94.6 Å². The van der Waals surface area contributed by atoms with Crippen LogP contribution in [0.4, 0.5) is 4.39 Å². The molecular formula is C37H37FGeIrN2O-2. The summed E-state index contributed by atoms with van der Waals surface area (Å²) >= 11 is -2.03. The molecule has 6 rings (SSSR count). The van der Waals surface area contributed by atoms with Gasteiger partial charge in [0.15, 0.2) is 0 Å². The number of hydrogen-bond donors (Lipinski definition) is 0. The number of nitrogens with zero attached hydrogens (tertiary/aromatic N) is 2. The maximum Gasteiger partial charge on any atom is 0.121 e. The molecule has 0 amide bonds. The molecule has 0 aliphatic heterocycles. The summed E-state index contributed by atoms with van der Waals surface area (Å²) in [5.74, 6) is 5.34. The number of benzene rings is 3. The van der Waals surface area contributed by atoms with Crippen molar-refractivity contribution >= 4 is 39.6 Å². The molecule has 0 aliphatic carbocycles. The zero-order chi connectivity index (χ0) is 31.9. The van der Waals surface area contributed by atoms with E-state index in [1.165, 1.54) is 10.5 Å². The molecule has 0 atom stereocenters. The molecule has 0 spiro atoms. The molecule has 3 heterocycles. The van der Waals surface area contributed by atoms with E-state index in [-0.39, 0.29) is 25.9 Å². The summed E-state index contributed by atoms with van der Waals surface area (Å²) < 4.78 is 38.2. The van der Waals surface area contributed by atoms with Crippen molar-refractivity contribution in [3.05, 3.63) is 114 Å². The molecule has 0 saturated carbocycles. The van der Waals surface area contributed by atoms with Gasteiger partial charge in [0.2, 0.25) is 0 Å². The van der Waals surface area contributed by atoms with Crippen LogP contribution in [-0.4, -0.2) is 23.2 Å². The van der Waals surface area contributed by atoms with Crippen LogP contribution in [0.1, 0.15) is 53.4 Å². The molecule has 43 heavy (non-hydrogen) atoms. The Balaban J connectivity index is 0.000000204. The van der Waals surface area contributed by atoms with Gasteiger partial charge in [0.05, 0.1) is 5.58 Å². The van der Waals surface area contributed by atoms with Crippen molar-refractivity contribution in [3.63, 3.8) is 0 Å². The number of hydrogen-bond acceptors (Lipinski definition) is 3. The fourth-order valence-electron chi connectivity index (χ4n) is 4.97. The Hall–Kier alpha value is -3.12. The Morgan fingerprint density at radius 2 is 1.63 bits per heavy atom. The van der Waals surface area contributed by atoms with Gasteiger partial charge < -0.3 is 9.40 Å². The molecule has 6 aromatic rings. The summed E-state index contributed by atoms with van der Waals surface area (Å²) in [4.78, 5) is 9.00. The van der Waals surface area contributed by atoms with Gasteiger partial charge >= 0.3 is 120 Å². The van der Waals surface area contributed by atoms with Crippen LogP contribution in [0.5, 0.6) is 0 Å². The van der Waals surface area contributed by atoms with E-state index in [2.05, 4.69) is 45.4 Å². The SMILES string of the molecule is [2H]C(C)(C)c1cc(-c2[c-]cccc2)nc[c]1[Ge]([CH3])([CH3])[CH3].[2H]C(C)(C)c1ccnc(-c2[c-]cc(F)c3c2oc2ccccc23)c1.[Ir]. The van der Waals surface area contributed by atoms with Crippen LogP contribution < -0.4 is 4.40 Å². The second kappa shape index (κ2) is 13.7. The second-order valence-corrected chi connectivity index (χ2v) is 22.5. The third kappa shape index (κ3) is 7.17. The van der Waals surface area contributed by atoms with Crippen molar-refractivity contribution in [2.75, 3.05) is 0 Å². The molecule has 0 aliphatic rings. The molecule has 0 saturated heterocycles. The monoisotopic (exact) mass is 813 g/mol. The van der Waals surface area contributed by atoms with E-state index in [0.717, 1.165) is 27.8 Å². The molecule has 0 N–H and O–H groups in total. The Labute approximate surface area is 273 Å². The minimum absolute atomic E-state index is 0. The van der Waals surface area contributed by atoms with Crippen LogP contribution in [0.3, 0.4) is 0 Å². The summed E-state index contributed by atoms with van der Waals surface area (Å²) in [5.41, 5.74) is 6.14. The summed E-state index contributed by atoms with van der Waals surface area (Å²) in [6.07, 6.45) is 3.66. The third-order valence-corrected chi connectivity index (χ3v) is 11.5. The van der Waals surface area contributed by atoms with Gasteiger partial charge in [0, 0.05) is 38.9 Å². The van der Waals surface area contributed by atoms with E-state index in [4.69, 9.17) is 7.16 Å². The first-order valence-electron chi connectivity index (χ1n) is 15.1. The molecule has 223 valence electrons. The molecule has 1 radical (unpaired) electrons. The fraction of sp³-hybridized carbons (Fsp3) is 0.243. The van der Waals surface area contributed by atoms with Gasteiger partial charge in [0.25, 0.3) is 0 Å². The fourth-order valence-corrected chi connectivity index (χ4v) is 8.29. The first kappa shape index (κ1) is 29.9. The number of para-hydroxylation sites is 1. The van der Waals surface area contributed by atoms with Gasteiger partial charge in [-0.2, -0.15) is 0 Å². The summed E-state index contributed by atoms with van der Waals surface area (Å²) in [6.45, 7) is 7.55. The zero-order valence-corrected chi connectivity index (χ0v) is 30.1. The van der Waals surface area contributed by atoms with Crippen LogP contribution in [0, 0.1) is 17.9 Å². The quantitative estimate of drug-likeness (QED) is 0.129. The Kier molecular flexibility index (Phi) is 9.52. The Morgan fingerprint density at radius 3 is 2.30 bits per heavy atom. The first-order chi connectivity index (χ1) is 20.6. The largest absolute Gasteiger partial charge is 0.500 e. The van der Waals surface area contributed by atoms with Crippen LogP contribution in [0.2, 0.25) is 17.3 Å². The maximum absolute atomic E-state index is 14.4. The predicted octanol–water partition coefficient (Wildman–Crippen LogP) is 9.93. The molecule has 0 unspecified atom stereocenters. The topological polar surface area (TPSA) is 38.9 Å². The molecular weight excluding hydrogens is 772 g/mol. The van der Waals surface area contributed by atoms with Crippen molar-refractivity contribution in [1.29, 1.82) is 0 Å².